The van der Waals surface area contributed by atoms with Gasteiger partial charge in [-0.05, 0) is 30.2 Å². The molecule has 0 unspecified atom stereocenters. The van der Waals surface area contributed by atoms with Gasteiger partial charge >= 0.3 is 0 Å². The van der Waals surface area contributed by atoms with Crippen molar-refractivity contribution in [3.8, 4) is 11.5 Å². The molecule has 22 heavy (non-hydrogen) atoms. The Balaban J connectivity index is 2.22. The van der Waals surface area contributed by atoms with Crippen molar-refractivity contribution in [2.45, 2.75) is 13.5 Å². The Morgan fingerprint density at radius 2 is 1.82 bits per heavy atom. The summed E-state index contributed by atoms with van der Waals surface area (Å²) in [5.74, 6) is 1.10. The lowest BCUT2D eigenvalue weighted by molar-refractivity contribution is 0.0781. The zero-order valence-corrected chi connectivity index (χ0v) is 13.4. The van der Waals surface area contributed by atoms with E-state index in [1.165, 1.54) is 5.56 Å². The second-order valence-electron chi connectivity index (χ2n) is 5.15. The molecule has 4 nitrogen and oxygen atoms in total. The number of methoxy groups -OCH3 is 2. The predicted molar refractivity (Wildman–Crippen MR) is 86.5 cm³/mol. The Morgan fingerprint density at radius 3 is 2.45 bits per heavy atom. The van der Waals surface area contributed by atoms with Gasteiger partial charge in [-0.2, -0.15) is 0 Å². The first-order valence-corrected chi connectivity index (χ1v) is 7.08. The van der Waals surface area contributed by atoms with E-state index in [1.54, 1.807) is 44.4 Å². The number of benzene rings is 2. The third-order valence-electron chi connectivity index (χ3n) is 3.65. The van der Waals surface area contributed by atoms with Crippen LogP contribution in [0.25, 0.3) is 0 Å². The van der Waals surface area contributed by atoms with E-state index in [-0.39, 0.29) is 5.91 Å². The van der Waals surface area contributed by atoms with Gasteiger partial charge in [-0.25, -0.2) is 0 Å². The molecule has 0 bridgehead atoms. The fraction of sp³-hybridized carbons (Fsp3) is 0.278. The van der Waals surface area contributed by atoms with Gasteiger partial charge in [0.1, 0.15) is 11.5 Å². The zero-order chi connectivity index (χ0) is 16.1. The fourth-order valence-corrected chi connectivity index (χ4v) is 2.30. The molecule has 0 spiro atoms. The van der Waals surface area contributed by atoms with Crippen molar-refractivity contribution >= 4 is 5.91 Å². The smallest absolute Gasteiger partial charge is 0.257 e. The highest BCUT2D eigenvalue weighted by Crippen LogP contribution is 2.26. The molecule has 4 heteroatoms. The molecular formula is C18H21NO3. The molecule has 116 valence electrons. The van der Waals surface area contributed by atoms with Crippen molar-refractivity contribution in [1.82, 2.24) is 4.90 Å². The lowest BCUT2D eigenvalue weighted by Gasteiger charge is -2.20. The summed E-state index contributed by atoms with van der Waals surface area (Å²) in [4.78, 5) is 14.3. The molecule has 0 radical (unpaired) electrons. The summed E-state index contributed by atoms with van der Waals surface area (Å²) in [6, 6.07) is 13.3. The molecule has 0 N–H and O–H groups in total. The third-order valence-corrected chi connectivity index (χ3v) is 3.65. The molecule has 2 aromatic rings. The van der Waals surface area contributed by atoms with Crippen molar-refractivity contribution in [1.29, 1.82) is 0 Å². The van der Waals surface area contributed by atoms with Crippen LogP contribution in [0.5, 0.6) is 11.5 Å². The van der Waals surface area contributed by atoms with Crippen molar-refractivity contribution < 1.29 is 14.3 Å². The van der Waals surface area contributed by atoms with E-state index in [1.807, 2.05) is 31.2 Å². The van der Waals surface area contributed by atoms with Gasteiger partial charge in [-0.3, -0.25) is 4.79 Å². The summed E-state index contributed by atoms with van der Waals surface area (Å²) in [6.07, 6.45) is 0. The Morgan fingerprint density at radius 1 is 1.09 bits per heavy atom. The number of aryl methyl sites for hydroxylation is 1. The van der Waals surface area contributed by atoms with Crippen molar-refractivity contribution in [3.05, 3.63) is 59.2 Å². The van der Waals surface area contributed by atoms with E-state index in [4.69, 9.17) is 9.47 Å². The number of carbonyl (C=O) groups excluding carboxylic acids is 1. The van der Waals surface area contributed by atoms with Crippen LogP contribution in [0.1, 0.15) is 21.5 Å². The number of rotatable bonds is 5. The van der Waals surface area contributed by atoms with Crippen LogP contribution in [-0.4, -0.2) is 32.1 Å². The molecule has 1 amide bonds. The maximum Gasteiger partial charge on any atom is 0.257 e. The molecule has 0 aromatic heterocycles. The molecular weight excluding hydrogens is 278 g/mol. The largest absolute Gasteiger partial charge is 0.497 e. The molecule has 0 saturated heterocycles. The molecule has 0 saturated carbocycles. The Bertz CT molecular complexity index is 667. The average molecular weight is 299 g/mol. The van der Waals surface area contributed by atoms with Gasteiger partial charge in [0.2, 0.25) is 0 Å². The summed E-state index contributed by atoms with van der Waals surface area (Å²) in [5, 5.41) is 0. The molecule has 0 atom stereocenters. The highest BCUT2D eigenvalue weighted by molar-refractivity contribution is 5.97. The van der Waals surface area contributed by atoms with E-state index in [2.05, 4.69) is 0 Å². The topological polar surface area (TPSA) is 38.8 Å². The highest BCUT2D eigenvalue weighted by atomic mass is 16.5. The molecule has 0 heterocycles. The van der Waals surface area contributed by atoms with Crippen LogP contribution in [-0.2, 0) is 6.54 Å². The van der Waals surface area contributed by atoms with E-state index in [9.17, 15) is 4.79 Å². The van der Waals surface area contributed by atoms with Crippen LogP contribution >= 0.6 is 0 Å². The highest BCUT2D eigenvalue weighted by Gasteiger charge is 2.18. The van der Waals surface area contributed by atoms with Crippen molar-refractivity contribution in [3.63, 3.8) is 0 Å². The van der Waals surface area contributed by atoms with E-state index >= 15 is 0 Å². The standard InChI is InChI=1S/C18H21NO3/c1-13-7-5-6-8-14(13)12-19(2)18(20)16-10-9-15(21-3)11-17(16)22-4/h5-11H,12H2,1-4H3. The number of ether oxygens (including phenoxy) is 2. The minimum Gasteiger partial charge on any atom is -0.497 e. The molecule has 0 fully saturated rings. The molecule has 2 rings (SSSR count). The number of nitrogens with zero attached hydrogens (tertiary/aromatic N) is 1. The minimum atomic E-state index is -0.0808. The lowest BCUT2D eigenvalue weighted by atomic mass is 10.1. The zero-order valence-electron chi connectivity index (χ0n) is 13.4. The van der Waals surface area contributed by atoms with Gasteiger partial charge < -0.3 is 14.4 Å². The average Bonchev–Trinajstić information content (AvgIpc) is 2.55. The Hall–Kier alpha value is -2.49. The van der Waals surface area contributed by atoms with Gasteiger partial charge in [-0.1, -0.05) is 24.3 Å². The van der Waals surface area contributed by atoms with E-state index < -0.39 is 0 Å². The number of hydrogen-bond acceptors (Lipinski definition) is 3. The Kier molecular flexibility index (Phi) is 5.04. The molecule has 0 aliphatic rings. The summed E-state index contributed by atoms with van der Waals surface area (Å²) in [6.45, 7) is 2.60. The first-order valence-electron chi connectivity index (χ1n) is 7.08. The molecule has 2 aromatic carbocycles. The third kappa shape index (κ3) is 3.39. The number of hydrogen-bond donors (Lipinski definition) is 0. The summed E-state index contributed by atoms with van der Waals surface area (Å²) in [5.41, 5.74) is 2.83. The van der Waals surface area contributed by atoms with Gasteiger partial charge in [0.05, 0.1) is 19.8 Å². The van der Waals surface area contributed by atoms with Crippen LogP contribution in [0.4, 0.5) is 0 Å². The second kappa shape index (κ2) is 6.98. The SMILES string of the molecule is COc1ccc(C(=O)N(C)Cc2ccccc2C)c(OC)c1. The molecule has 0 aliphatic heterocycles. The van der Waals surface area contributed by atoms with Crippen LogP contribution in [0, 0.1) is 6.92 Å². The maximum atomic E-state index is 12.6. The number of carbonyl (C=O) groups is 1. The Labute approximate surface area is 131 Å². The fourth-order valence-electron chi connectivity index (χ4n) is 2.30. The van der Waals surface area contributed by atoms with Gasteiger partial charge in [0.15, 0.2) is 0 Å². The summed E-state index contributed by atoms with van der Waals surface area (Å²) in [7, 11) is 4.92. The quantitative estimate of drug-likeness (QED) is 0.850. The lowest BCUT2D eigenvalue weighted by Crippen LogP contribution is -2.27. The van der Waals surface area contributed by atoms with E-state index in [0.717, 1.165) is 5.56 Å². The second-order valence-corrected chi connectivity index (χ2v) is 5.15. The first-order chi connectivity index (χ1) is 10.6. The van der Waals surface area contributed by atoms with Crippen molar-refractivity contribution in [2.75, 3.05) is 21.3 Å². The van der Waals surface area contributed by atoms with Crippen LogP contribution in [0.15, 0.2) is 42.5 Å². The molecule has 0 aliphatic carbocycles. The maximum absolute atomic E-state index is 12.6. The summed E-state index contributed by atoms with van der Waals surface area (Å²) >= 11 is 0. The normalized spacial score (nSPS) is 10.2. The van der Waals surface area contributed by atoms with Gasteiger partial charge in [0, 0.05) is 19.7 Å². The summed E-state index contributed by atoms with van der Waals surface area (Å²) < 4.78 is 10.5. The predicted octanol–water partition coefficient (Wildman–Crippen LogP) is 3.28. The van der Waals surface area contributed by atoms with Crippen LogP contribution < -0.4 is 9.47 Å². The van der Waals surface area contributed by atoms with Gasteiger partial charge in [-0.15, -0.1) is 0 Å². The first kappa shape index (κ1) is 15.9. The number of amides is 1. The van der Waals surface area contributed by atoms with Crippen molar-refractivity contribution in [2.24, 2.45) is 0 Å². The monoisotopic (exact) mass is 299 g/mol. The van der Waals surface area contributed by atoms with Gasteiger partial charge in [0.25, 0.3) is 5.91 Å². The van der Waals surface area contributed by atoms with Crippen LogP contribution in [0.3, 0.4) is 0 Å². The minimum absolute atomic E-state index is 0.0808. The van der Waals surface area contributed by atoms with E-state index in [0.29, 0.717) is 23.6 Å². The van der Waals surface area contributed by atoms with Crippen LogP contribution in [0.2, 0.25) is 0 Å².